The number of ether oxygens (including phenoxy) is 1. The summed E-state index contributed by atoms with van der Waals surface area (Å²) < 4.78 is 20.4. The van der Waals surface area contributed by atoms with Crippen LogP contribution in [0.3, 0.4) is 0 Å². The number of carbonyl (C=O) groups is 1. The smallest absolute Gasteiger partial charge is 0.307 e. The third-order valence-electron chi connectivity index (χ3n) is 5.92. The van der Waals surface area contributed by atoms with E-state index in [-0.39, 0.29) is 12.2 Å². The van der Waals surface area contributed by atoms with Gasteiger partial charge in [0.25, 0.3) is 0 Å². The molecular weight excluding hydrogens is 445 g/mol. The van der Waals surface area contributed by atoms with Gasteiger partial charge in [-0.25, -0.2) is 4.39 Å². The van der Waals surface area contributed by atoms with E-state index < -0.39 is 11.6 Å². The predicted octanol–water partition coefficient (Wildman–Crippen LogP) is 6.15. The first kappa shape index (κ1) is 24.6. The van der Waals surface area contributed by atoms with Crippen LogP contribution in [-0.4, -0.2) is 33.4 Å². The third kappa shape index (κ3) is 5.13. The van der Waals surface area contributed by atoms with Gasteiger partial charge in [0.15, 0.2) is 0 Å². The van der Waals surface area contributed by atoms with E-state index >= 15 is 0 Å². The van der Waals surface area contributed by atoms with Crippen molar-refractivity contribution in [3.05, 3.63) is 70.7 Å². The van der Waals surface area contributed by atoms with E-state index in [0.29, 0.717) is 23.1 Å². The maximum Gasteiger partial charge on any atom is 0.307 e. The minimum atomic E-state index is -0.926. The number of rotatable bonds is 3. The number of pyridine rings is 1. The van der Waals surface area contributed by atoms with Crippen LogP contribution in [0.25, 0.3) is 32.8 Å². The summed E-state index contributed by atoms with van der Waals surface area (Å²) in [6, 6.07) is 11.1. The van der Waals surface area contributed by atoms with E-state index in [1.54, 1.807) is 33.9 Å². The highest BCUT2D eigenvalue weighted by molar-refractivity contribution is 6.08. The fourth-order valence-corrected chi connectivity index (χ4v) is 4.51. The molecule has 0 saturated carbocycles. The van der Waals surface area contributed by atoms with Crippen LogP contribution in [0, 0.1) is 19.7 Å². The summed E-state index contributed by atoms with van der Waals surface area (Å²) in [5.41, 5.74) is 5.04. The van der Waals surface area contributed by atoms with E-state index in [0.717, 1.165) is 50.7 Å². The van der Waals surface area contributed by atoms with E-state index in [2.05, 4.69) is 4.98 Å². The second kappa shape index (κ2) is 9.27. The Hall–Kier alpha value is -3.51. The Kier molecular flexibility index (Phi) is 6.52. The van der Waals surface area contributed by atoms with Crippen LogP contribution in [0.4, 0.5) is 4.39 Å². The van der Waals surface area contributed by atoms with Crippen molar-refractivity contribution < 1.29 is 24.1 Å². The number of aryl methyl sites for hydroxylation is 2. The van der Waals surface area contributed by atoms with Crippen molar-refractivity contribution >= 4 is 27.6 Å². The lowest BCUT2D eigenvalue weighted by atomic mass is 9.86. The van der Waals surface area contributed by atoms with E-state index in [1.165, 1.54) is 6.07 Å². The van der Waals surface area contributed by atoms with E-state index in [1.807, 2.05) is 37.3 Å². The number of hydrogen-bond acceptors (Lipinski definition) is 4. The molecule has 0 bridgehead atoms. The van der Waals surface area contributed by atoms with Crippen LogP contribution in [0.2, 0.25) is 0 Å². The van der Waals surface area contributed by atoms with Gasteiger partial charge in [-0.05, 0) is 104 Å². The number of hydrogen-bond donors (Lipinski definition) is 2. The lowest BCUT2D eigenvalue weighted by Gasteiger charge is -2.22. The van der Waals surface area contributed by atoms with Crippen molar-refractivity contribution in [2.75, 3.05) is 6.61 Å². The SMILES string of the molecule is CC(C)(C)O.Cc1cc2cc(C)c(CC(=O)O)c(-c3ccc4c5c(ccnc35)CCO4)c2cc1F. The number of fused-ring (bicyclic) bond motifs is 1. The Morgan fingerprint density at radius 1 is 1.11 bits per heavy atom. The van der Waals surface area contributed by atoms with Gasteiger partial charge in [-0.1, -0.05) is 6.07 Å². The molecule has 0 atom stereocenters. The Morgan fingerprint density at radius 2 is 1.80 bits per heavy atom. The Morgan fingerprint density at radius 3 is 2.49 bits per heavy atom. The number of carboxylic acid groups (broad SMARTS) is 1. The molecule has 182 valence electrons. The molecule has 0 unspecified atom stereocenters. The summed E-state index contributed by atoms with van der Waals surface area (Å²) in [6.07, 6.45) is 2.42. The Labute approximate surface area is 204 Å². The first-order valence-corrected chi connectivity index (χ1v) is 11.6. The zero-order chi connectivity index (χ0) is 25.5. The molecule has 35 heavy (non-hydrogen) atoms. The fraction of sp³-hybridized carbons (Fsp3) is 0.310. The van der Waals surface area contributed by atoms with Gasteiger partial charge in [-0.2, -0.15) is 0 Å². The summed E-state index contributed by atoms with van der Waals surface area (Å²) in [6.45, 7) is 9.48. The van der Waals surface area contributed by atoms with Crippen molar-refractivity contribution in [2.45, 2.75) is 53.1 Å². The zero-order valence-electron chi connectivity index (χ0n) is 20.7. The molecule has 5 nitrogen and oxygen atoms in total. The summed E-state index contributed by atoms with van der Waals surface area (Å²) in [5, 5.41) is 20.6. The van der Waals surface area contributed by atoms with Crippen molar-refractivity contribution in [3.63, 3.8) is 0 Å². The molecule has 0 aliphatic carbocycles. The molecule has 0 fully saturated rings. The second-order valence-corrected chi connectivity index (χ2v) is 10.0. The van der Waals surface area contributed by atoms with Gasteiger partial charge >= 0.3 is 5.97 Å². The molecule has 1 aliphatic rings. The second-order valence-electron chi connectivity index (χ2n) is 10.0. The van der Waals surface area contributed by atoms with Gasteiger partial charge in [0.05, 0.1) is 24.1 Å². The summed E-state index contributed by atoms with van der Waals surface area (Å²) in [5.74, 6) is -0.458. The maximum absolute atomic E-state index is 14.6. The molecule has 1 aromatic heterocycles. The normalized spacial score (nSPS) is 12.8. The number of carboxylic acids is 1. The zero-order valence-corrected chi connectivity index (χ0v) is 20.7. The fourth-order valence-electron chi connectivity index (χ4n) is 4.51. The predicted molar refractivity (Wildman–Crippen MR) is 137 cm³/mol. The summed E-state index contributed by atoms with van der Waals surface area (Å²) in [4.78, 5) is 16.3. The van der Waals surface area contributed by atoms with Crippen LogP contribution >= 0.6 is 0 Å². The molecule has 2 N–H and O–H groups in total. The highest BCUT2D eigenvalue weighted by Crippen LogP contribution is 2.42. The number of nitrogens with zero attached hydrogens (tertiary/aromatic N) is 1. The number of aliphatic hydroxyl groups is 1. The molecule has 3 aromatic carbocycles. The van der Waals surface area contributed by atoms with Gasteiger partial charge in [-0.15, -0.1) is 0 Å². The van der Waals surface area contributed by atoms with Crippen LogP contribution in [0.1, 0.15) is 43.0 Å². The van der Waals surface area contributed by atoms with Crippen molar-refractivity contribution in [1.29, 1.82) is 0 Å². The van der Waals surface area contributed by atoms with Crippen molar-refractivity contribution in [3.8, 4) is 16.9 Å². The number of benzene rings is 3. The van der Waals surface area contributed by atoms with Crippen LogP contribution in [0.15, 0.2) is 42.6 Å². The standard InChI is InChI=1S/C25H20FNO3.C4H10O/c1-13-9-16-10-14(2)20(26)11-19(16)24(18(13)12-22(28)29)17-3-4-21-23-15(6-8-30-21)5-7-27-25(17)23;1-4(2,3)5/h3-5,7,9-11H,6,8,12H2,1-2H3,(H,28,29);5H,1-3H3. The topological polar surface area (TPSA) is 79.7 Å². The van der Waals surface area contributed by atoms with Gasteiger partial charge in [0.1, 0.15) is 11.6 Å². The maximum atomic E-state index is 14.6. The lowest BCUT2D eigenvalue weighted by molar-refractivity contribution is -0.136. The van der Waals surface area contributed by atoms with Gasteiger partial charge in [-0.3, -0.25) is 9.78 Å². The van der Waals surface area contributed by atoms with Gasteiger partial charge < -0.3 is 14.9 Å². The monoisotopic (exact) mass is 475 g/mol. The molecule has 2 heterocycles. The molecule has 0 spiro atoms. The largest absolute Gasteiger partial charge is 0.493 e. The highest BCUT2D eigenvalue weighted by Gasteiger charge is 2.22. The number of aromatic nitrogens is 1. The minimum absolute atomic E-state index is 0.147. The molecule has 5 rings (SSSR count). The van der Waals surface area contributed by atoms with Crippen LogP contribution in [-0.2, 0) is 17.6 Å². The number of aliphatic carboxylic acids is 1. The molecule has 0 saturated heterocycles. The van der Waals surface area contributed by atoms with E-state index in [4.69, 9.17) is 9.84 Å². The van der Waals surface area contributed by atoms with Crippen molar-refractivity contribution in [2.24, 2.45) is 0 Å². The third-order valence-corrected chi connectivity index (χ3v) is 5.92. The molecule has 0 radical (unpaired) electrons. The summed E-state index contributed by atoms with van der Waals surface area (Å²) >= 11 is 0. The molecule has 1 aliphatic heterocycles. The first-order chi connectivity index (χ1) is 16.4. The molecular formula is C29H30FNO4. The average molecular weight is 476 g/mol. The highest BCUT2D eigenvalue weighted by atomic mass is 19.1. The Balaban J connectivity index is 0.000000527. The molecule has 6 heteroatoms. The van der Waals surface area contributed by atoms with Crippen LogP contribution in [0.5, 0.6) is 5.75 Å². The minimum Gasteiger partial charge on any atom is -0.493 e. The first-order valence-electron chi connectivity index (χ1n) is 11.6. The Bertz CT molecular complexity index is 1440. The lowest BCUT2D eigenvalue weighted by Crippen LogP contribution is -2.10. The molecule has 4 aromatic rings. The van der Waals surface area contributed by atoms with Gasteiger partial charge in [0.2, 0.25) is 0 Å². The van der Waals surface area contributed by atoms with E-state index in [9.17, 15) is 14.3 Å². The number of halogens is 1. The summed E-state index contributed by atoms with van der Waals surface area (Å²) in [7, 11) is 0. The van der Waals surface area contributed by atoms with Gasteiger partial charge in [0, 0.05) is 23.6 Å². The van der Waals surface area contributed by atoms with Crippen LogP contribution < -0.4 is 4.74 Å². The molecule has 0 amide bonds. The van der Waals surface area contributed by atoms with Crippen molar-refractivity contribution in [1.82, 2.24) is 4.98 Å². The average Bonchev–Trinajstić information content (AvgIpc) is 2.76. The quantitative estimate of drug-likeness (QED) is 0.372.